The van der Waals surface area contributed by atoms with Gasteiger partial charge in [0, 0.05) is 12.2 Å². The van der Waals surface area contributed by atoms with Crippen molar-refractivity contribution in [3.63, 3.8) is 0 Å². The number of benzene rings is 1. The number of nitrogens with one attached hydrogen (secondary N) is 2. The number of nitrogen functional groups attached to an aromatic ring is 1. The molecule has 1 aromatic carbocycles. The van der Waals surface area contributed by atoms with Gasteiger partial charge in [-0.25, -0.2) is 5.84 Å². The van der Waals surface area contributed by atoms with E-state index in [2.05, 4.69) is 5.32 Å². The summed E-state index contributed by atoms with van der Waals surface area (Å²) < 4.78 is 0. The van der Waals surface area contributed by atoms with E-state index in [0.29, 0.717) is 11.3 Å². The SMILES string of the molecule is Cc1cc(NC[C@H](O)[C@H](O)[C@H](O)CO)c(C(=O)NN)cc1C. The molecule has 1 amide bonds. The maximum absolute atomic E-state index is 11.8. The van der Waals surface area contributed by atoms with E-state index >= 15 is 0 Å². The number of aliphatic hydroxyl groups is 4. The van der Waals surface area contributed by atoms with Crippen LogP contribution in [0.3, 0.4) is 0 Å². The Bertz CT molecular complexity index is 523. The van der Waals surface area contributed by atoms with Gasteiger partial charge in [-0.2, -0.15) is 0 Å². The zero-order valence-corrected chi connectivity index (χ0v) is 12.6. The molecule has 3 atom stereocenters. The number of aryl methyl sites for hydroxylation is 2. The predicted octanol–water partition coefficient (Wildman–Crippen LogP) is -1.61. The van der Waals surface area contributed by atoms with Crippen LogP contribution in [-0.2, 0) is 0 Å². The Morgan fingerprint density at radius 2 is 1.77 bits per heavy atom. The van der Waals surface area contributed by atoms with Crippen LogP contribution >= 0.6 is 0 Å². The molecular weight excluding hydrogens is 290 g/mol. The number of amides is 1. The maximum atomic E-state index is 11.8. The molecule has 0 radical (unpaired) electrons. The van der Waals surface area contributed by atoms with E-state index in [-0.39, 0.29) is 6.54 Å². The highest BCUT2D eigenvalue weighted by Crippen LogP contribution is 2.21. The van der Waals surface area contributed by atoms with Crippen molar-refractivity contribution in [1.29, 1.82) is 0 Å². The van der Waals surface area contributed by atoms with Crippen LogP contribution in [0.15, 0.2) is 12.1 Å². The van der Waals surface area contributed by atoms with E-state index in [1.807, 2.05) is 19.3 Å². The number of carbonyl (C=O) groups is 1. The highest BCUT2D eigenvalue weighted by Gasteiger charge is 2.24. The molecule has 8 heteroatoms. The van der Waals surface area contributed by atoms with Gasteiger partial charge in [0.2, 0.25) is 0 Å². The van der Waals surface area contributed by atoms with Gasteiger partial charge in [0.25, 0.3) is 5.91 Å². The van der Waals surface area contributed by atoms with Gasteiger partial charge in [0.1, 0.15) is 12.2 Å². The molecule has 0 spiro atoms. The average Bonchev–Trinajstić information content (AvgIpc) is 2.52. The lowest BCUT2D eigenvalue weighted by molar-refractivity contribution is -0.0715. The Hall–Kier alpha value is -1.71. The first-order valence-corrected chi connectivity index (χ1v) is 6.83. The zero-order valence-electron chi connectivity index (χ0n) is 12.6. The number of carbonyl (C=O) groups excluding carboxylic acids is 1. The second-order valence-electron chi connectivity index (χ2n) is 5.14. The summed E-state index contributed by atoms with van der Waals surface area (Å²) in [4.78, 5) is 11.8. The van der Waals surface area contributed by atoms with E-state index < -0.39 is 30.8 Å². The number of hydrogen-bond donors (Lipinski definition) is 7. The molecule has 0 saturated carbocycles. The Morgan fingerprint density at radius 3 is 2.32 bits per heavy atom. The van der Waals surface area contributed by atoms with Gasteiger partial charge in [0.15, 0.2) is 0 Å². The zero-order chi connectivity index (χ0) is 16.9. The second kappa shape index (κ2) is 8.06. The number of nitrogens with two attached hydrogens (primary N) is 1. The Balaban J connectivity index is 2.89. The second-order valence-corrected chi connectivity index (χ2v) is 5.14. The summed E-state index contributed by atoms with van der Waals surface area (Å²) in [7, 11) is 0. The van der Waals surface area contributed by atoms with Crippen LogP contribution in [0.2, 0.25) is 0 Å². The van der Waals surface area contributed by atoms with Gasteiger partial charge in [-0.05, 0) is 37.1 Å². The molecular formula is C14H23N3O5. The third-order valence-electron chi connectivity index (χ3n) is 3.49. The van der Waals surface area contributed by atoms with Crippen LogP contribution in [0.1, 0.15) is 21.5 Å². The summed E-state index contributed by atoms with van der Waals surface area (Å²) in [6, 6.07) is 3.38. The molecule has 0 bridgehead atoms. The minimum absolute atomic E-state index is 0.119. The number of anilines is 1. The van der Waals surface area contributed by atoms with Crippen LogP contribution in [0.5, 0.6) is 0 Å². The third kappa shape index (κ3) is 4.39. The first-order chi connectivity index (χ1) is 10.3. The maximum Gasteiger partial charge on any atom is 0.267 e. The first-order valence-electron chi connectivity index (χ1n) is 6.83. The molecule has 0 aliphatic heterocycles. The summed E-state index contributed by atoms with van der Waals surface area (Å²) in [6.07, 6.45) is -4.27. The lowest BCUT2D eigenvalue weighted by Crippen LogP contribution is -2.43. The molecule has 0 unspecified atom stereocenters. The first kappa shape index (κ1) is 18.3. The van der Waals surface area contributed by atoms with Crippen molar-refractivity contribution in [3.05, 3.63) is 28.8 Å². The highest BCUT2D eigenvalue weighted by atomic mass is 16.4. The topological polar surface area (TPSA) is 148 Å². The molecule has 22 heavy (non-hydrogen) atoms. The fourth-order valence-electron chi connectivity index (χ4n) is 1.93. The fourth-order valence-corrected chi connectivity index (χ4v) is 1.93. The number of hydrazine groups is 1. The largest absolute Gasteiger partial charge is 0.394 e. The van der Waals surface area contributed by atoms with E-state index in [0.717, 1.165) is 11.1 Å². The lowest BCUT2D eigenvalue weighted by Gasteiger charge is -2.23. The van der Waals surface area contributed by atoms with Crippen LogP contribution < -0.4 is 16.6 Å². The minimum atomic E-state index is -1.50. The molecule has 8 nitrogen and oxygen atoms in total. The predicted molar refractivity (Wildman–Crippen MR) is 81.2 cm³/mol. The van der Waals surface area contributed by atoms with E-state index in [1.165, 1.54) is 0 Å². The smallest absolute Gasteiger partial charge is 0.267 e. The van der Waals surface area contributed by atoms with Crippen LogP contribution in [0.25, 0.3) is 0 Å². The summed E-state index contributed by atoms with van der Waals surface area (Å²) in [5.41, 5.74) is 4.62. The number of hydrogen-bond acceptors (Lipinski definition) is 7. The van der Waals surface area contributed by atoms with E-state index in [4.69, 9.17) is 10.9 Å². The van der Waals surface area contributed by atoms with Gasteiger partial charge < -0.3 is 25.7 Å². The molecule has 0 heterocycles. The van der Waals surface area contributed by atoms with Crippen LogP contribution in [-0.4, -0.2) is 57.8 Å². The van der Waals surface area contributed by atoms with Gasteiger partial charge in [-0.1, -0.05) is 0 Å². The number of aliphatic hydroxyl groups excluding tert-OH is 4. The monoisotopic (exact) mass is 313 g/mol. The van der Waals surface area contributed by atoms with Crippen molar-refractivity contribution >= 4 is 11.6 Å². The minimum Gasteiger partial charge on any atom is -0.394 e. The standard InChI is InChI=1S/C14H23N3O5/c1-7-3-9(14(22)17-15)10(4-8(7)2)16-5-11(19)13(21)12(20)6-18/h3-4,11-13,16,18-21H,5-6,15H2,1-2H3,(H,17,22)/t11-,12+,13-/m0/s1. The molecule has 0 fully saturated rings. The normalized spacial score (nSPS) is 15.0. The van der Waals surface area contributed by atoms with Gasteiger partial charge >= 0.3 is 0 Å². The molecule has 8 N–H and O–H groups in total. The van der Waals surface area contributed by atoms with Gasteiger partial charge in [-0.3, -0.25) is 10.2 Å². The van der Waals surface area contributed by atoms with Crippen molar-refractivity contribution in [2.45, 2.75) is 32.2 Å². The van der Waals surface area contributed by atoms with Crippen molar-refractivity contribution in [1.82, 2.24) is 5.43 Å². The van der Waals surface area contributed by atoms with Gasteiger partial charge in [0.05, 0.1) is 18.3 Å². The molecule has 0 saturated heterocycles. The van der Waals surface area contributed by atoms with Gasteiger partial charge in [-0.15, -0.1) is 0 Å². The lowest BCUT2D eigenvalue weighted by atomic mass is 10.0. The van der Waals surface area contributed by atoms with Crippen molar-refractivity contribution in [2.75, 3.05) is 18.5 Å². The fraction of sp³-hybridized carbons (Fsp3) is 0.500. The summed E-state index contributed by atoms with van der Waals surface area (Å²) >= 11 is 0. The van der Waals surface area contributed by atoms with E-state index in [9.17, 15) is 20.1 Å². The molecule has 0 aliphatic rings. The Morgan fingerprint density at radius 1 is 1.18 bits per heavy atom. The highest BCUT2D eigenvalue weighted by molar-refractivity contribution is 5.99. The van der Waals surface area contributed by atoms with Crippen molar-refractivity contribution in [3.8, 4) is 0 Å². The summed E-state index contributed by atoms with van der Waals surface area (Å²) in [5.74, 6) is 4.66. The Labute approximate surface area is 128 Å². The number of rotatable bonds is 7. The molecule has 124 valence electrons. The quantitative estimate of drug-likeness (QED) is 0.182. The van der Waals surface area contributed by atoms with Crippen LogP contribution in [0, 0.1) is 13.8 Å². The Kier molecular flexibility index (Phi) is 6.72. The van der Waals surface area contributed by atoms with Crippen molar-refractivity contribution in [2.24, 2.45) is 5.84 Å². The molecule has 1 rings (SSSR count). The molecule has 0 aliphatic carbocycles. The van der Waals surface area contributed by atoms with Crippen molar-refractivity contribution < 1.29 is 25.2 Å². The molecule has 1 aromatic rings. The summed E-state index contributed by atoms with van der Waals surface area (Å²) in [5, 5.41) is 40.2. The van der Waals surface area contributed by atoms with E-state index in [1.54, 1.807) is 12.1 Å². The van der Waals surface area contributed by atoms with Crippen LogP contribution in [0.4, 0.5) is 5.69 Å². The third-order valence-corrected chi connectivity index (χ3v) is 3.49. The summed E-state index contributed by atoms with van der Waals surface area (Å²) in [6.45, 7) is 2.93. The molecule has 0 aromatic heterocycles. The average molecular weight is 313 g/mol.